The molecule has 0 aliphatic rings. The molecule has 0 fully saturated rings. The minimum Gasteiger partial charge on any atom is -0.392 e. The summed E-state index contributed by atoms with van der Waals surface area (Å²) in [5.74, 6) is 0.361. The fraction of sp³-hybridized carbons (Fsp3) is 0.353. The van der Waals surface area contributed by atoms with Crippen LogP contribution in [0.4, 0.5) is 5.82 Å². The average molecular weight is 393 g/mol. The van der Waals surface area contributed by atoms with E-state index >= 15 is 0 Å². The third-order valence-electron chi connectivity index (χ3n) is 3.82. The molecular weight excluding hydrogens is 372 g/mol. The molecule has 0 saturated heterocycles. The van der Waals surface area contributed by atoms with Crippen molar-refractivity contribution in [2.45, 2.75) is 36.5 Å². The van der Waals surface area contributed by atoms with Gasteiger partial charge in [0, 0.05) is 29.6 Å². The molecule has 4 N–H and O–H groups in total. The van der Waals surface area contributed by atoms with Gasteiger partial charge in [0.15, 0.2) is 22.1 Å². The van der Waals surface area contributed by atoms with Gasteiger partial charge in [-0.05, 0) is 37.6 Å². The van der Waals surface area contributed by atoms with Crippen molar-refractivity contribution < 1.29 is 5.11 Å². The van der Waals surface area contributed by atoms with E-state index in [0.717, 1.165) is 15.6 Å². The van der Waals surface area contributed by atoms with Crippen LogP contribution < -0.4 is 11.1 Å². The van der Waals surface area contributed by atoms with Crippen molar-refractivity contribution in [3.8, 4) is 0 Å². The fourth-order valence-electron chi connectivity index (χ4n) is 2.54. The molecule has 9 heteroatoms. The van der Waals surface area contributed by atoms with Gasteiger partial charge in [-0.2, -0.15) is 0 Å². The van der Waals surface area contributed by atoms with Gasteiger partial charge in [0.25, 0.3) is 0 Å². The molecule has 7 nitrogen and oxygen atoms in total. The zero-order valence-corrected chi connectivity index (χ0v) is 16.2. The highest BCUT2D eigenvalue weighted by atomic mass is 35.5. The lowest BCUT2D eigenvalue weighted by atomic mass is 10.2. The van der Waals surface area contributed by atoms with Crippen molar-refractivity contribution >= 4 is 40.3 Å². The molecule has 26 heavy (non-hydrogen) atoms. The van der Waals surface area contributed by atoms with Crippen molar-refractivity contribution in [1.82, 2.24) is 24.8 Å². The van der Waals surface area contributed by atoms with Crippen molar-refractivity contribution in [2.75, 3.05) is 18.8 Å². The number of anilines is 1. The van der Waals surface area contributed by atoms with Crippen LogP contribution in [0.25, 0.3) is 11.2 Å². The first-order valence-electron chi connectivity index (χ1n) is 8.25. The topological polar surface area (TPSA) is 102 Å². The molecule has 2 aromatic heterocycles. The van der Waals surface area contributed by atoms with E-state index in [1.165, 1.54) is 6.33 Å². The molecule has 1 atom stereocenters. The number of hydrogen-bond donors (Lipinski definition) is 3. The summed E-state index contributed by atoms with van der Waals surface area (Å²) in [6.45, 7) is 5.61. The highest BCUT2D eigenvalue weighted by Gasteiger charge is 2.16. The van der Waals surface area contributed by atoms with Gasteiger partial charge in [-0.15, -0.1) is 0 Å². The predicted octanol–water partition coefficient (Wildman–Crippen LogP) is 2.49. The molecule has 0 aliphatic carbocycles. The van der Waals surface area contributed by atoms with Crippen LogP contribution in [0.15, 0.2) is 34.6 Å². The summed E-state index contributed by atoms with van der Waals surface area (Å²) >= 11 is 7.59. The number of aliphatic hydroxyl groups excluding tert-OH is 1. The number of nitrogens with zero attached hydrogens (tertiary/aromatic N) is 4. The highest BCUT2D eigenvalue weighted by molar-refractivity contribution is 7.99. The van der Waals surface area contributed by atoms with E-state index in [0.29, 0.717) is 41.6 Å². The molecule has 3 rings (SSSR count). The summed E-state index contributed by atoms with van der Waals surface area (Å²) < 4.78 is 2.02. The number of aryl methyl sites for hydroxylation is 1. The van der Waals surface area contributed by atoms with Gasteiger partial charge in [0.2, 0.25) is 0 Å². The molecule has 0 unspecified atom stereocenters. The Morgan fingerprint density at radius 2 is 2.19 bits per heavy atom. The normalized spacial score (nSPS) is 12.6. The Kier molecular flexibility index (Phi) is 5.98. The molecule has 138 valence electrons. The average Bonchev–Trinajstić information content (AvgIpc) is 2.93. The number of benzene rings is 1. The Balaban J connectivity index is 1.92. The Hall–Kier alpha value is -1.87. The summed E-state index contributed by atoms with van der Waals surface area (Å²) in [5, 5.41) is 14.1. The number of halogens is 1. The van der Waals surface area contributed by atoms with Crippen LogP contribution in [-0.2, 0) is 6.54 Å². The van der Waals surface area contributed by atoms with Crippen LogP contribution in [0.2, 0.25) is 5.02 Å². The van der Waals surface area contributed by atoms with Crippen molar-refractivity contribution in [1.29, 1.82) is 0 Å². The molecule has 0 saturated carbocycles. The number of imidazole rings is 1. The Morgan fingerprint density at radius 3 is 2.92 bits per heavy atom. The molecule has 0 spiro atoms. The van der Waals surface area contributed by atoms with E-state index in [2.05, 4.69) is 20.3 Å². The van der Waals surface area contributed by atoms with E-state index in [4.69, 9.17) is 17.3 Å². The maximum Gasteiger partial charge on any atom is 0.175 e. The summed E-state index contributed by atoms with van der Waals surface area (Å²) in [6, 6.07) is 5.77. The number of rotatable bonds is 7. The quantitative estimate of drug-likeness (QED) is 0.531. The molecule has 0 amide bonds. The molecule has 1 aromatic carbocycles. The number of aromatic nitrogens is 4. The number of hydrogen-bond acceptors (Lipinski definition) is 7. The third kappa shape index (κ3) is 4.27. The first kappa shape index (κ1) is 18.9. The Morgan fingerprint density at radius 1 is 1.38 bits per heavy atom. The first-order chi connectivity index (χ1) is 12.5. The van der Waals surface area contributed by atoms with E-state index in [1.54, 1.807) is 18.7 Å². The fourth-order valence-corrected chi connectivity index (χ4v) is 3.75. The van der Waals surface area contributed by atoms with Crippen LogP contribution in [-0.4, -0.2) is 43.8 Å². The van der Waals surface area contributed by atoms with E-state index in [1.807, 2.05) is 29.7 Å². The molecule has 3 aromatic rings. The predicted molar refractivity (Wildman–Crippen MR) is 105 cm³/mol. The molecule has 0 radical (unpaired) electrons. The van der Waals surface area contributed by atoms with Crippen LogP contribution >= 0.6 is 23.4 Å². The van der Waals surface area contributed by atoms with E-state index in [-0.39, 0.29) is 0 Å². The lowest BCUT2D eigenvalue weighted by molar-refractivity contribution is 0.191. The minimum atomic E-state index is -0.391. The van der Waals surface area contributed by atoms with Crippen molar-refractivity contribution in [2.24, 2.45) is 0 Å². The standard InChI is InChI=1S/C17H21ClN6OS/c1-10-7-12(18)3-4-13(10)26-17-23-14-15(19)21-9-22-16(14)24(17)6-5-20-8-11(2)25/h3-4,7,9,11,20,25H,5-6,8H2,1-2H3,(H2,19,21,22)/t11-/m0/s1. The number of nitrogens with two attached hydrogens (primary N) is 1. The number of fused-ring (bicyclic) bond motifs is 1. The third-order valence-corrected chi connectivity index (χ3v) is 5.22. The molecule has 0 aliphatic heterocycles. The largest absolute Gasteiger partial charge is 0.392 e. The second kappa shape index (κ2) is 8.22. The number of nitrogens with one attached hydrogen (secondary N) is 1. The Labute approximate surface area is 161 Å². The van der Waals surface area contributed by atoms with Gasteiger partial charge in [-0.1, -0.05) is 23.4 Å². The van der Waals surface area contributed by atoms with Crippen LogP contribution in [0, 0.1) is 6.92 Å². The monoisotopic (exact) mass is 392 g/mol. The maximum absolute atomic E-state index is 9.39. The van der Waals surface area contributed by atoms with E-state index in [9.17, 15) is 5.11 Å². The number of aliphatic hydroxyl groups is 1. The van der Waals surface area contributed by atoms with Crippen LogP contribution in [0.5, 0.6) is 0 Å². The summed E-state index contributed by atoms with van der Waals surface area (Å²) in [6.07, 6.45) is 1.05. The van der Waals surface area contributed by atoms with Crippen molar-refractivity contribution in [3.05, 3.63) is 35.1 Å². The summed E-state index contributed by atoms with van der Waals surface area (Å²) in [5.41, 5.74) is 8.34. The Bertz CT molecular complexity index is 914. The highest BCUT2D eigenvalue weighted by Crippen LogP contribution is 2.33. The van der Waals surface area contributed by atoms with Gasteiger partial charge >= 0.3 is 0 Å². The SMILES string of the molecule is Cc1cc(Cl)ccc1Sc1nc2c(N)ncnc2n1CCNC[C@H](C)O. The van der Waals surface area contributed by atoms with Gasteiger partial charge in [-0.25, -0.2) is 15.0 Å². The molecule has 0 bridgehead atoms. The summed E-state index contributed by atoms with van der Waals surface area (Å²) in [7, 11) is 0. The van der Waals surface area contributed by atoms with E-state index < -0.39 is 6.10 Å². The van der Waals surface area contributed by atoms with Crippen LogP contribution in [0.1, 0.15) is 12.5 Å². The maximum atomic E-state index is 9.39. The molecular formula is C17H21ClN6OS. The van der Waals surface area contributed by atoms with Gasteiger partial charge < -0.3 is 20.7 Å². The van der Waals surface area contributed by atoms with Gasteiger partial charge in [0.1, 0.15) is 6.33 Å². The lowest BCUT2D eigenvalue weighted by Crippen LogP contribution is -2.27. The van der Waals surface area contributed by atoms with Crippen molar-refractivity contribution in [3.63, 3.8) is 0 Å². The zero-order chi connectivity index (χ0) is 18.7. The van der Waals surface area contributed by atoms with Gasteiger partial charge in [-0.3, -0.25) is 0 Å². The molecule has 2 heterocycles. The van der Waals surface area contributed by atoms with Crippen LogP contribution in [0.3, 0.4) is 0 Å². The minimum absolute atomic E-state index is 0.361. The second-order valence-corrected chi connectivity index (χ2v) is 7.49. The second-order valence-electron chi connectivity index (χ2n) is 6.04. The van der Waals surface area contributed by atoms with Gasteiger partial charge in [0.05, 0.1) is 6.10 Å². The summed E-state index contributed by atoms with van der Waals surface area (Å²) in [4.78, 5) is 14.1. The lowest BCUT2D eigenvalue weighted by Gasteiger charge is -2.11. The number of nitrogen functional groups attached to an aromatic ring is 1. The first-order valence-corrected chi connectivity index (χ1v) is 9.44. The smallest absolute Gasteiger partial charge is 0.175 e. The zero-order valence-electron chi connectivity index (χ0n) is 14.6.